The fourth-order valence-electron chi connectivity index (χ4n) is 5.18. The second kappa shape index (κ2) is 9.91. The van der Waals surface area contributed by atoms with Crippen molar-refractivity contribution in [2.45, 2.75) is 36.2 Å². The largest absolute Gasteiger partial charge is 0.464 e. The number of rotatable bonds is 7. The lowest BCUT2D eigenvalue weighted by Crippen LogP contribution is -2.39. The maximum Gasteiger partial charge on any atom is 0.238 e. The van der Waals surface area contributed by atoms with Crippen molar-refractivity contribution in [3.05, 3.63) is 84.4 Å². The van der Waals surface area contributed by atoms with Gasteiger partial charge in [0, 0.05) is 47.4 Å². The lowest BCUT2D eigenvalue weighted by Gasteiger charge is -2.34. The molecule has 1 aliphatic rings. The molecule has 8 heteroatoms. The number of pyridine rings is 1. The van der Waals surface area contributed by atoms with Crippen LogP contribution in [0.1, 0.15) is 29.9 Å². The molecule has 0 aliphatic carbocycles. The highest BCUT2D eigenvalue weighted by Gasteiger charge is 2.27. The van der Waals surface area contributed by atoms with Crippen molar-refractivity contribution in [1.82, 2.24) is 9.88 Å². The van der Waals surface area contributed by atoms with Crippen LogP contribution in [0.4, 0.5) is 0 Å². The average molecular weight is 492 g/mol. The highest BCUT2D eigenvalue weighted by Crippen LogP contribution is 2.38. The van der Waals surface area contributed by atoms with E-state index >= 15 is 0 Å². The van der Waals surface area contributed by atoms with E-state index in [2.05, 4.69) is 9.88 Å². The summed E-state index contributed by atoms with van der Waals surface area (Å²) in [4.78, 5) is 6.59. The van der Waals surface area contributed by atoms with E-state index < -0.39 is 16.1 Å². The summed E-state index contributed by atoms with van der Waals surface area (Å²) < 4.78 is 30.3. The first-order valence-corrected chi connectivity index (χ1v) is 13.4. The summed E-state index contributed by atoms with van der Waals surface area (Å²) in [5.41, 5.74) is 4.23. The number of para-hydroxylation sites is 1. The topological polar surface area (TPSA) is 110 Å². The van der Waals surface area contributed by atoms with Gasteiger partial charge in [-0.2, -0.15) is 0 Å². The lowest BCUT2D eigenvalue weighted by molar-refractivity contribution is 0.0972. The zero-order valence-electron chi connectivity index (χ0n) is 19.4. The van der Waals surface area contributed by atoms with Crippen LogP contribution in [0.3, 0.4) is 0 Å². The Morgan fingerprint density at radius 1 is 1.09 bits per heavy atom. The number of likely N-dealkylation sites (tertiary alicyclic amines) is 1. The van der Waals surface area contributed by atoms with E-state index in [4.69, 9.17) is 9.56 Å². The lowest BCUT2D eigenvalue weighted by atomic mass is 9.84. The van der Waals surface area contributed by atoms with Gasteiger partial charge < -0.3 is 14.4 Å². The summed E-state index contributed by atoms with van der Waals surface area (Å²) in [7, 11) is -3.89. The Bertz CT molecular complexity index is 1410. The first kappa shape index (κ1) is 23.7. The molecule has 1 aliphatic heterocycles. The molecule has 3 heterocycles. The number of nitrogens with two attached hydrogens (primary N) is 1. The van der Waals surface area contributed by atoms with E-state index in [1.165, 1.54) is 0 Å². The molecular formula is C27H29N3O4S. The van der Waals surface area contributed by atoms with Gasteiger partial charge in [-0.3, -0.25) is 4.98 Å². The number of benzene rings is 2. The zero-order chi connectivity index (χ0) is 24.4. The van der Waals surface area contributed by atoms with Crippen LogP contribution >= 0.6 is 0 Å². The number of hydrogen-bond donors (Lipinski definition) is 2. The molecule has 35 heavy (non-hydrogen) atoms. The molecule has 3 N–H and O–H groups in total. The highest BCUT2D eigenvalue weighted by molar-refractivity contribution is 7.89. The molecule has 0 amide bonds. The molecule has 0 saturated carbocycles. The van der Waals surface area contributed by atoms with Gasteiger partial charge in [0.15, 0.2) is 0 Å². The van der Waals surface area contributed by atoms with Gasteiger partial charge in [-0.05, 0) is 55.6 Å². The molecule has 7 nitrogen and oxygen atoms in total. The highest BCUT2D eigenvalue weighted by atomic mass is 32.2. The molecule has 4 aromatic rings. The number of nitrogens with zero attached hydrogens (tertiary/aromatic N) is 2. The number of sulfonamides is 1. The Kier molecular flexibility index (Phi) is 6.71. The molecule has 1 saturated heterocycles. The molecule has 2 aromatic carbocycles. The Morgan fingerprint density at radius 2 is 1.89 bits per heavy atom. The summed E-state index contributed by atoms with van der Waals surface area (Å²) in [5.74, 6) is 0.193. The van der Waals surface area contributed by atoms with Crippen molar-refractivity contribution in [2.24, 2.45) is 5.14 Å². The number of primary sulfonamides is 1. The average Bonchev–Trinajstić information content (AvgIpc) is 3.27. The zero-order valence-corrected chi connectivity index (χ0v) is 20.2. The van der Waals surface area contributed by atoms with Crippen molar-refractivity contribution in [3.8, 4) is 11.1 Å². The monoisotopic (exact) mass is 491 g/mol. The molecule has 0 bridgehead atoms. The first-order chi connectivity index (χ1) is 16.9. The second-order valence-electron chi connectivity index (χ2n) is 9.20. The van der Waals surface area contributed by atoms with Crippen LogP contribution in [-0.2, 0) is 16.4 Å². The fraction of sp³-hybridized carbons (Fsp3) is 0.296. The summed E-state index contributed by atoms with van der Waals surface area (Å²) in [6.45, 7) is 2.22. The first-order valence-electron chi connectivity index (χ1n) is 11.8. The van der Waals surface area contributed by atoms with Crippen LogP contribution < -0.4 is 5.14 Å². The van der Waals surface area contributed by atoms with E-state index in [-0.39, 0.29) is 10.8 Å². The molecule has 1 unspecified atom stereocenters. The summed E-state index contributed by atoms with van der Waals surface area (Å²) in [5, 5.41) is 17.4. The summed E-state index contributed by atoms with van der Waals surface area (Å²) >= 11 is 0. The Balaban J connectivity index is 1.29. The number of hydrogen-bond acceptors (Lipinski definition) is 6. The van der Waals surface area contributed by atoms with Gasteiger partial charge in [0.2, 0.25) is 10.0 Å². The van der Waals surface area contributed by atoms with Crippen LogP contribution in [0.15, 0.2) is 82.6 Å². The number of aliphatic hydroxyl groups is 1. The third kappa shape index (κ3) is 5.16. The number of aromatic nitrogens is 1. The number of piperidine rings is 1. The second-order valence-corrected chi connectivity index (χ2v) is 10.7. The van der Waals surface area contributed by atoms with E-state index in [9.17, 15) is 13.5 Å². The van der Waals surface area contributed by atoms with Crippen molar-refractivity contribution in [3.63, 3.8) is 0 Å². The molecular weight excluding hydrogens is 462 g/mol. The third-order valence-corrected chi connectivity index (χ3v) is 7.78. The summed E-state index contributed by atoms with van der Waals surface area (Å²) in [6, 6.07) is 16.8. The smallest absolute Gasteiger partial charge is 0.238 e. The molecule has 1 atom stereocenters. The minimum Gasteiger partial charge on any atom is -0.464 e. The van der Waals surface area contributed by atoms with Crippen molar-refractivity contribution >= 4 is 21.0 Å². The molecule has 0 radical (unpaired) electrons. The number of β-amino-alcohol motifs (C(OH)–C–C–N with tert-alkyl or cyclic N) is 1. The minimum absolute atomic E-state index is 0.133. The minimum atomic E-state index is -3.89. The standard InChI is InChI=1S/C27H29N3O4S/c28-35(32,33)26-9-3-7-24(27(26)20-5-4-12-29-16-20)19-10-13-30(14-11-19)17-22(31)15-21-18-34-25-8-2-1-6-23(21)25/h1-9,12,16,18-19,22,31H,10-11,13-15,17H2,(H2,28,32,33). The van der Waals surface area contributed by atoms with Gasteiger partial charge >= 0.3 is 0 Å². The predicted molar refractivity (Wildman–Crippen MR) is 135 cm³/mol. The van der Waals surface area contributed by atoms with Gasteiger partial charge in [-0.1, -0.05) is 36.4 Å². The van der Waals surface area contributed by atoms with Gasteiger partial charge in [0.1, 0.15) is 5.58 Å². The van der Waals surface area contributed by atoms with Crippen LogP contribution in [0.25, 0.3) is 22.1 Å². The van der Waals surface area contributed by atoms with Gasteiger partial charge in [-0.15, -0.1) is 0 Å². The van der Waals surface area contributed by atoms with Gasteiger partial charge in [0.25, 0.3) is 0 Å². The van der Waals surface area contributed by atoms with E-state index in [0.717, 1.165) is 53.6 Å². The number of fused-ring (bicyclic) bond motifs is 1. The SMILES string of the molecule is NS(=O)(=O)c1cccc(C2CCN(CC(O)Cc3coc4ccccc34)CC2)c1-c1cccnc1. The van der Waals surface area contributed by atoms with Gasteiger partial charge in [-0.25, -0.2) is 13.6 Å². The van der Waals surface area contributed by atoms with E-state index in [1.807, 2.05) is 36.4 Å². The molecule has 2 aromatic heterocycles. The maximum absolute atomic E-state index is 12.4. The predicted octanol–water partition coefficient (Wildman–Crippen LogP) is 3.93. The maximum atomic E-state index is 12.4. The third-order valence-electron chi connectivity index (χ3n) is 6.83. The molecule has 5 rings (SSSR count). The van der Waals surface area contributed by atoms with Crippen molar-refractivity contribution in [2.75, 3.05) is 19.6 Å². The number of aliphatic hydroxyl groups excluding tert-OH is 1. The Labute approximate surface area is 205 Å². The quantitative estimate of drug-likeness (QED) is 0.405. The van der Waals surface area contributed by atoms with E-state index in [0.29, 0.717) is 18.5 Å². The van der Waals surface area contributed by atoms with Crippen molar-refractivity contribution in [1.29, 1.82) is 0 Å². The van der Waals surface area contributed by atoms with Crippen LogP contribution in [0.2, 0.25) is 0 Å². The van der Waals surface area contributed by atoms with E-state index in [1.54, 1.807) is 36.9 Å². The fourth-order valence-corrected chi connectivity index (χ4v) is 5.97. The Morgan fingerprint density at radius 3 is 2.63 bits per heavy atom. The van der Waals surface area contributed by atoms with Crippen LogP contribution in [0.5, 0.6) is 0 Å². The number of furan rings is 1. The summed E-state index contributed by atoms with van der Waals surface area (Å²) in [6.07, 6.45) is 6.85. The molecule has 0 spiro atoms. The van der Waals surface area contributed by atoms with Crippen LogP contribution in [0, 0.1) is 0 Å². The molecule has 1 fully saturated rings. The molecule has 182 valence electrons. The Hall–Kier alpha value is -3.04. The normalized spacial score (nSPS) is 16.5. The van der Waals surface area contributed by atoms with Crippen molar-refractivity contribution < 1.29 is 17.9 Å². The van der Waals surface area contributed by atoms with Gasteiger partial charge in [0.05, 0.1) is 17.3 Å². The van der Waals surface area contributed by atoms with Crippen LogP contribution in [-0.4, -0.2) is 49.1 Å².